The monoisotopic (exact) mass is 265 g/mol. The van der Waals surface area contributed by atoms with Gasteiger partial charge in [0.05, 0.1) is 12.5 Å². The largest absolute Gasteiger partial charge is 0.481 e. The van der Waals surface area contributed by atoms with Gasteiger partial charge in [0.2, 0.25) is 0 Å². The first-order valence-electron chi connectivity index (χ1n) is 6.23. The number of hydrogen-bond donors (Lipinski definition) is 2. The molecule has 0 spiro atoms. The summed E-state index contributed by atoms with van der Waals surface area (Å²) in [5.74, 6) is -2.41. The highest BCUT2D eigenvalue weighted by atomic mass is 16.5. The minimum absolute atomic E-state index is 0.231. The normalized spacial score (nSPS) is 13.6. The number of aliphatic carboxylic acids is 1. The van der Waals surface area contributed by atoms with E-state index < -0.39 is 23.9 Å². The van der Waals surface area contributed by atoms with Crippen molar-refractivity contribution in [3.05, 3.63) is 35.9 Å². The van der Waals surface area contributed by atoms with E-state index in [2.05, 4.69) is 5.32 Å². The Bertz CT molecular complexity index is 419. The van der Waals surface area contributed by atoms with E-state index in [1.54, 1.807) is 6.92 Å². The number of hydrogen-bond acceptors (Lipinski definition) is 4. The summed E-state index contributed by atoms with van der Waals surface area (Å²) in [5, 5.41) is 12.0. The Morgan fingerprint density at radius 3 is 2.47 bits per heavy atom. The van der Waals surface area contributed by atoms with Crippen LogP contribution in [-0.2, 0) is 20.9 Å². The van der Waals surface area contributed by atoms with E-state index in [1.807, 2.05) is 30.3 Å². The average molecular weight is 265 g/mol. The van der Waals surface area contributed by atoms with Gasteiger partial charge in [0, 0.05) is 6.54 Å². The van der Waals surface area contributed by atoms with Gasteiger partial charge in [-0.3, -0.25) is 14.9 Å². The minimum atomic E-state index is -1.03. The van der Waals surface area contributed by atoms with E-state index in [4.69, 9.17) is 9.84 Å². The number of carbonyl (C=O) groups is 2. The third kappa shape index (κ3) is 4.71. The number of benzene rings is 1. The summed E-state index contributed by atoms with van der Waals surface area (Å²) in [5.41, 5.74) is 0.981. The average Bonchev–Trinajstić information content (AvgIpc) is 2.40. The number of ether oxygens (including phenoxy) is 1. The van der Waals surface area contributed by atoms with Gasteiger partial charge in [-0.15, -0.1) is 0 Å². The molecule has 2 atom stereocenters. The quantitative estimate of drug-likeness (QED) is 0.729. The molecule has 0 aromatic heterocycles. The summed E-state index contributed by atoms with van der Waals surface area (Å²) in [7, 11) is 0. The van der Waals surface area contributed by atoms with E-state index >= 15 is 0 Å². The fraction of sp³-hybridized carbons (Fsp3) is 0.429. The van der Waals surface area contributed by atoms with Crippen molar-refractivity contribution < 1.29 is 19.4 Å². The Hall–Kier alpha value is -1.88. The maximum absolute atomic E-state index is 11.8. The maximum Gasteiger partial charge on any atom is 0.324 e. The highest BCUT2D eigenvalue weighted by Crippen LogP contribution is 2.08. The summed E-state index contributed by atoms with van der Waals surface area (Å²) >= 11 is 0. The molecule has 0 saturated heterocycles. The molecule has 0 bridgehead atoms. The highest BCUT2D eigenvalue weighted by Gasteiger charge is 2.30. The van der Waals surface area contributed by atoms with E-state index in [0.29, 0.717) is 6.54 Å². The molecule has 0 aliphatic carbocycles. The topological polar surface area (TPSA) is 75.6 Å². The van der Waals surface area contributed by atoms with Crippen LogP contribution in [0.4, 0.5) is 0 Å². The van der Waals surface area contributed by atoms with Gasteiger partial charge < -0.3 is 9.84 Å². The summed E-state index contributed by atoms with van der Waals surface area (Å²) < 4.78 is 4.90. The molecule has 0 heterocycles. The second kappa shape index (κ2) is 7.53. The van der Waals surface area contributed by atoms with Crippen LogP contribution in [0.5, 0.6) is 0 Å². The van der Waals surface area contributed by atoms with Crippen LogP contribution in [0.1, 0.15) is 19.4 Å². The minimum Gasteiger partial charge on any atom is -0.481 e. The summed E-state index contributed by atoms with van der Waals surface area (Å²) in [4.78, 5) is 22.8. The Balaban J connectivity index is 2.69. The molecule has 1 aromatic carbocycles. The number of carbonyl (C=O) groups excluding carboxylic acids is 1. The van der Waals surface area contributed by atoms with Crippen molar-refractivity contribution in [3.63, 3.8) is 0 Å². The third-order valence-corrected chi connectivity index (χ3v) is 2.80. The Kier molecular flexibility index (Phi) is 6.02. The summed E-state index contributed by atoms with van der Waals surface area (Å²) in [6.45, 7) is 3.83. The van der Waals surface area contributed by atoms with E-state index in [-0.39, 0.29) is 6.61 Å². The van der Waals surface area contributed by atoms with Crippen molar-refractivity contribution in [1.29, 1.82) is 0 Å². The number of carboxylic acid groups (broad SMARTS) is 1. The zero-order valence-electron chi connectivity index (χ0n) is 11.1. The molecule has 0 amide bonds. The summed E-state index contributed by atoms with van der Waals surface area (Å²) in [6, 6.07) is 8.62. The van der Waals surface area contributed by atoms with Crippen LogP contribution in [0, 0.1) is 5.92 Å². The molecular weight excluding hydrogens is 246 g/mol. The van der Waals surface area contributed by atoms with Crippen molar-refractivity contribution in [1.82, 2.24) is 5.32 Å². The lowest BCUT2D eigenvalue weighted by Gasteiger charge is -2.20. The SMILES string of the molecule is CCOC(=O)[C@@H](NCc1ccccc1)C(C)C(=O)O. The molecule has 5 heteroatoms. The second-order valence-electron chi connectivity index (χ2n) is 4.22. The molecule has 1 unspecified atom stereocenters. The standard InChI is InChI=1S/C14H19NO4/c1-3-19-14(18)12(10(2)13(16)17)15-9-11-7-5-4-6-8-11/h4-8,10,12,15H,3,9H2,1-2H3,(H,16,17)/t10?,12-/m0/s1. The fourth-order valence-electron chi connectivity index (χ4n) is 1.66. The molecule has 5 nitrogen and oxygen atoms in total. The first-order valence-corrected chi connectivity index (χ1v) is 6.23. The van der Waals surface area contributed by atoms with Gasteiger partial charge in [-0.05, 0) is 19.4 Å². The van der Waals surface area contributed by atoms with Crippen LogP contribution < -0.4 is 5.32 Å². The van der Waals surface area contributed by atoms with Gasteiger partial charge in [0.25, 0.3) is 0 Å². The molecular formula is C14H19NO4. The molecule has 0 fully saturated rings. The lowest BCUT2D eigenvalue weighted by molar-refractivity contribution is -0.153. The van der Waals surface area contributed by atoms with Gasteiger partial charge >= 0.3 is 11.9 Å². The van der Waals surface area contributed by atoms with Crippen molar-refractivity contribution in [2.45, 2.75) is 26.4 Å². The van der Waals surface area contributed by atoms with Crippen LogP contribution in [0.3, 0.4) is 0 Å². The number of esters is 1. The second-order valence-corrected chi connectivity index (χ2v) is 4.22. The lowest BCUT2D eigenvalue weighted by Crippen LogP contribution is -2.45. The number of nitrogens with one attached hydrogen (secondary N) is 1. The third-order valence-electron chi connectivity index (χ3n) is 2.80. The Morgan fingerprint density at radius 1 is 1.32 bits per heavy atom. The Morgan fingerprint density at radius 2 is 1.95 bits per heavy atom. The molecule has 0 aliphatic rings. The number of rotatable bonds is 7. The van der Waals surface area contributed by atoms with Crippen LogP contribution in [0.25, 0.3) is 0 Å². The van der Waals surface area contributed by atoms with E-state index in [0.717, 1.165) is 5.56 Å². The molecule has 2 N–H and O–H groups in total. The molecule has 104 valence electrons. The van der Waals surface area contributed by atoms with Crippen molar-refractivity contribution in [2.75, 3.05) is 6.61 Å². The Labute approximate surface area is 112 Å². The fourth-order valence-corrected chi connectivity index (χ4v) is 1.66. The maximum atomic E-state index is 11.8. The molecule has 19 heavy (non-hydrogen) atoms. The van der Waals surface area contributed by atoms with Gasteiger partial charge in [0.15, 0.2) is 0 Å². The van der Waals surface area contributed by atoms with E-state index in [9.17, 15) is 9.59 Å². The molecule has 0 saturated carbocycles. The molecule has 1 aromatic rings. The predicted molar refractivity (Wildman–Crippen MR) is 70.5 cm³/mol. The van der Waals surface area contributed by atoms with Gasteiger partial charge in [-0.1, -0.05) is 30.3 Å². The van der Waals surface area contributed by atoms with E-state index in [1.165, 1.54) is 6.92 Å². The molecule has 0 radical (unpaired) electrons. The number of carboxylic acids is 1. The van der Waals surface area contributed by atoms with Crippen LogP contribution >= 0.6 is 0 Å². The van der Waals surface area contributed by atoms with Gasteiger partial charge in [-0.2, -0.15) is 0 Å². The van der Waals surface area contributed by atoms with Crippen molar-refractivity contribution in [3.8, 4) is 0 Å². The highest BCUT2D eigenvalue weighted by molar-refractivity contribution is 5.83. The summed E-state index contributed by atoms with van der Waals surface area (Å²) in [6.07, 6.45) is 0. The first kappa shape index (κ1) is 15.2. The zero-order valence-corrected chi connectivity index (χ0v) is 11.1. The van der Waals surface area contributed by atoms with Crippen LogP contribution in [-0.4, -0.2) is 29.7 Å². The zero-order chi connectivity index (χ0) is 14.3. The predicted octanol–water partition coefficient (Wildman–Crippen LogP) is 1.43. The van der Waals surface area contributed by atoms with Gasteiger partial charge in [0.1, 0.15) is 6.04 Å². The first-order chi connectivity index (χ1) is 9.06. The molecule has 1 rings (SSSR count). The lowest BCUT2D eigenvalue weighted by atomic mass is 10.0. The van der Waals surface area contributed by atoms with Crippen LogP contribution in [0.15, 0.2) is 30.3 Å². The van der Waals surface area contributed by atoms with Crippen molar-refractivity contribution >= 4 is 11.9 Å². The molecule has 0 aliphatic heterocycles. The van der Waals surface area contributed by atoms with Crippen LogP contribution in [0.2, 0.25) is 0 Å². The smallest absolute Gasteiger partial charge is 0.324 e. The van der Waals surface area contributed by atoms with Crippen molar-refractivity contribution in [2.24, 2.45) is 5.92 Å². The van der Waals surface area contributed by atoms with Gasteiger partial charge in [-0.25, -0.2) is 0 Å².